The summed E-state index contributed by atoms with van der Waals surface area (Å²) in [6.07, 6.45) is 1.43. The van der Waals surface area contributed by atoms with Gasteiger partial charge in [-0.2, -0.15) is 0 Å². The fourth-order valence-electron chi connectivity index (χ4n) is 1.38. The first kappa shape index (κ1) is 12.0. The van der Waals surface area contributed by atoms with Crippen molar-refractivity contribution in [3.8, 4) is 0 Å². The van der Waals surface area contributed by atoms with E-state index in [1.165, 1.54) is 12.3 Å². The Bertz CT molecular complexity index is 590. The summed E-state index contributed by atoms with van der Waals surface area (Å²) in [5.74, 6) is 0.413. The molecule has 0 aliphatic carbocycles. The van der Waals surface area contributed by atoms with Crippen LogP contribution in [0.2, 0.25) is 0 Å². The predicted octanol–water partition coefficient (Wildman–Crippen LogP) is 1.71. The van der Waals surface area contributed by atoms with E-state index in [4.69, 9.17) is 4.84 Å². The molecule has 0 radical (unpaired) electrons. The minimum atomic E-state index is -0.211. The molecule has 0 saturated carbocycles. The van der Waals surface area contributed by atoms with Crippen LogP contribution in [0.4, 0.5) is 0 Å². The monoisotopic (exact) mass is 243 g/mol. The van der Waals surface area contributed by atoms with Crippen LogP contribution < -0.4 is 5.56 Å². The Hall–Kier alpha value is -2.43. The maximum Gasteiger partial charge on any atom is 0.251 e. The molecule has 0 spiro atoms. The number of hydrogen-bond donors (Lipinski definition) is 1. The van der Waals surface area contributed by atoms with Crippen LogP contribution in [0.3, 0.4) is 0 Å². The van der Waals surface area contributed by atoms with E-state index >= 15 is 0 Å². The average Bonchev–Trinajstić information content (AvgIpc) is 2.40. The van der Waals surface area contributed by atoms with Crippen molar-refractivity contribution in [3.05, 3.63) is 64.3 Å². The zero-order valence-electron chi connectivity index (χ0n) is 9.96. The Morgan fingerprint density at radius 3 is 2.83 bits per heavy atom. The highest BCUT2D eigenvalue weighted by Crippen LogP contribution is 2.01. The number of hydrogen-bond acceptors (Lipinski definition) is 4. The number of nitrogens with zero attached hydrogens (tertiary/aromatic N) is 2. The number of aromatic nitrogens is 2. The SMILES string of the molecule is CC(=NOCc1ccccc1)c1nccc(=O)[nH]1. The van der Waals surface area contributed by atoms with Crippen LogP contribution in [0.5, 0.6) is 0 Å². The van der Waals surface area contributed by atoms with E-state index in [0.717, 1.165) is 5.56 Å². The summed E-state index contributed by atoms with van der Waals surface area (Å²) < 4.78 is 0. The Kier molecular flexibility index (Phi) is 3.86. The van der Waals surface area contributed by atoms with Gasteiger partial charge in [-0.25, -0.2) is 4.98 Å². The summed E-state index contributed by atoms with van der Waals surface area (Å²) in [6, 6.07) is 11.1. The predicted molar refractivity (Wildman–Crippen MR) is 68.3 cm³/mol. The Balaban J connectivity index is 1.99. The lowest BCUT2D eigenvalue weighted by Crippen LogP contribution is -2.12. The fraction of sp³-hybridized carbons (Fsp3) is 0.154. The highest BCUT2D eigenvalue weighted by molar-refractivity contribution is 5.94. The fourth-order valence-corrected chi connectivity index (χ4v) is 1.38. The van der Waals surface area contributed by atoms with Crippen molar-refractivity contribution in [1.82, 2.24) is 9.97 Å². The van der Waals surface area contributed by atoms with E-state index in [0.29, 0.717) is 18.1 Å². The summed E-state index contributed by atoms with van der Waals surface area (Å²) in [5.41, 5.74) is 1.35. The lowest BCUT2D eigenvalue weighted by atomic mass is 10.2. The quantitative estimate of drug-likeness (QED) is 0.656. The van der Waals surface area contributed by atoms with Crippen LogP contribution in [0.1, 0.15) is 18.3 Å². The maximum absolute atomic E-state index is 11.1. The molecule has 92 valence electrons. The number of H-pyrrole nitrogens is 1. The molecule has 0 fully saturated rings. The van der Waals surface area contributed by atoms with Gasteiger partial charge in [-0.15, -0.1) is 0 Å². The first-order chi connectivity index (χ1) is 8.75. The van der Waals surface area contributed by atoms with Crippen molar-refractivity contribution in [2.24, 2.45) is 5.16 Å². The van der Waals surface area contributed by atoms with Gasteiger partial charge in [0.05, 0.1) is 0 Å². The molecule has 1 N–H and O–H groups in total. The third kappa shape index (κ3) is 3.28. The molecule has 5 heteroatoms. The third-order valence-corrected chi connectivity index (χ3v) is 2.29. The van der Waals surface area contributed by atoms with Crippen LogP contribution in [0, 0.1) is 0 Å². The summed E-state index contributed by atoms with van der Waals surface area (Å²) in [4.78, 5) is 22.9. The largest absolute Gasteiger partial charge is 0.391 e. The highest BCUT2D eigenvalue weighted by atomic mass is 16.6. The van der Waals surface area contributed by atoms with Gasteiger partial charge in [0, 0.05) is 12.3 Å². The number of aromatic amines is 1. The topological polar surface area (TPSA) is 67.3 Å². The molecule has 1 heterocycles. The molecule has 0 saturated heterocycles. The van der Waals surface area contributed by atoms with Crippen LogP contribution in [0.25, 0.3) is 0 Å². The Morgan fingerprint density at radius 2 is 2.11 bits per heavy atom. The summed E-state index contributed by atoms with van der Waals surface area (Å²) >= 11 is 0. The summed E-state index contributed by atoms with van der Waals surface area (Å²) in [5, 5.41) is 3.91. The zero-order valence-corrected chi connectivity index (χ0v) is 9.96. The average molecular weight is 243 g/mol. The summed E-state index contributed by atoms with van der Waals surface area (Å²) in [7, 11) is 0. The van der Waals surface area contributed by atoms with Gasteiger partial charge in [0.25, 0.3) is 5.56 Å². The molecule has 2 rings (SSSR count). The van der Waals surface area contributed by atoms with Crippen LogP contribution >= 0.6 is 0 Å². The molecule has 0 atom stereocenters. The van der Waals surface area contributed by atoms with E-state index in [1.807, 2.05) is 30.3 Å². The first-order valence-electron chi connectivity index (χ1n) is 5.52. The minimum absolute atomic E-state index is 0.211. The molecule has 1 aromatic heterocycles. The maximum atomic E-state index is 11.1. The molecular weight excluding hydrogens is 230 g/mol. The summed E-state index contributed by atoms with van der Waals surface area (Å²) in [6.45, 7) is 2.11. The van der Waals surface area contributed by atoms with Crippen LogP contribution in [-0.4, -0.2) is 15.7 Å². The molecule has 18 heavy (non-hydrogen) atoms. The van der Waals surface area contributed by atoms with E-state index in [2.05, 4.69) is 15.1 Å². The normalized spacial score (nSPS) is 11.3. The van der Waals surface area contributed by atoms with E-state index in [9.17, 15) is 4.79 Å². The second-order valence-electron chi connectivity index (χ2n) is 3.72. The molecule has 0 bridgehead atoms. The molecular formula is C13H13N3O2. The molecule has 1 aromatic carbocycles. The van der Waals surface area contributed by atoms with Gasteiger partial charge >= 0.3 is 0 Å². The minimum Gasteiger partial charge on any atom is -0.391 e. The van der Waals surface area contributed by atoms with Crippen LogP contribution in [0.15, 0.2) is 52.5 Å². The smallest absolute Gasteiger partial charge is 0.251 e. The third-order valence-electron chi connectivity index (χ3n) is 2.29. The van der Waals surface area contributed by atoms with Crippen molar-refractivity contribution in [2.45, 2.75) is 13.5 Å². The van der Waals surface area contributed by atoms with E-state index < -0.39 is 0 Å². The van der Waals surface area contributed by atoms with Crippen molar-refractivity contribution in [3.63, 3.8) is 0 Å². The van der Waals surface area contributed by atoms with E-state index in [-0.39, 0.29) is 5.56 Å². The number of oxime groups is 1. The Labute approximate surface area is 104 Å². The zero-order chi connectivity index (χ0) is 12.8. The number of nitrogens with one attached hydrogen (secondary N) is 1. The van der Waals surface area contributed by atoms with Gasteiger partial charge in [0.15, 0.2) is 5.82 Å². The van der Waals surface area contributed by atoms with Gasteiger partial charge in [-0.1, -0.05) is 35.5 Å². The standard InChI is InChI=1S/C13H13N3O2/c1-10(13-14-8-7-12(17)15-13)16-18-9-11-5-3-2-4-6-11/h2-8H,9H2,1H3,(H,14,15,17). The van der Waals surface area contributed by atoms with E-state index in [1.54, 1.807) is 6.92 Å². The second kappa shape index (κ2) is 5.77. The number of rotatable bonds is 4. The van der Waals surface area contributed by atoms with Crippen molar-refractivity contribution >= 4 is 5.71 Å². The molecule has 0 aliphatic heterocycles. The van der Waals surface area contributed by atoms with Gasteiger partial charge in [0.1, 0.15) is 12.3 Å². The van der Waals surface area contributed by atoms with Crippen molar-refractivity contribution in [1.29, 1.82) is 0 Å². The van der Waals surface area contributed by atoms with Crippen molar-refractivity contribution < 1.29 is 4.84 Å². The van der Waals surface area contributed by atoms with Gasteiger partial charge in [0.2, 0.25) is 0 Å². The molecule has 0 aliphatic rings. The Morgan fingerprint density at radius 1 is 1.33 bits per heavy atom. The molecule has 2 aromatic rings. The molecule has 0 amide bonds. The van der Waals surface area contributed by atoms with Gasteiger partial charge in [-0.3, -0.25) is 4.79 Å². The first-order valence-corrected chi connectivity index (χ1v) is 5.52. The second-order valence-corrected chi connectivity index (χ2v) is 3.72. The van der Waals surface area contributed by atoms with Crippen LogP contribution in [-0.2, 0) is 11.4 Å². The number of benzene rings is 1. The lowest BCUT2D eigenvalue weighted by Gasteiger charge is -2.01. The van der Waals surface area contributed by atoms with Gasteiger partial charge in [-0.05, 0) is 12.5 Å². The lowest BCUT2D eigenvalue weighted by molar-refractivity contribution is 0.130. The molecule has 5 nitrogen and oxygen atoms in total. The highest BCUT2D eigenvalue weighted by Gasteiger charge is 2.00. The van der Waals surface area contributed by atoms with Gasteiger partial charge < -0.3 is 9.82 Å². The molecule has 0 unspecified atom stereocenters. The van der Waals surface area contributed by atoms with Crippen molar-refractivity contribution in [2.75, 3.05) is 0 Å².